The quantitative estimate of drug-likeness (QED) is 0.675. The van der Waals surface area contributed by atoms with Crippen molar-refractivity contribution in [2.45, 2.75) is 97.4 Å². The van der Waals surface area contributed by atoms with Crippen molar-refractivity contribution in [1.82, 2.24) is 0 Å². The molecule has 4 atom stereocenters. The molecule has 0 aliphatic carbocycles. The van der Waals surface area contributed by atoms with E-state index < -0.39 is 14.1 Å². The highest BCUT2D eigenvalue weighted by Gasteiger charge is 2.43. The van der Waals surface area contributed by atoms with E-state index in [-0.39, 0.29) is 29.8 Å². The van der Waals surface area contributed by atoms with E-state index in [2.05, 4.69) is 47.7 Å². The van der Waals surface area contributed by atoms with Crippen LogP contribution in [0.4, 0.5) is 0 Å². The third-order valence-electron chi connectivity index (χ3n) is 5.77. The van der Waals surface area contributed by atoms with Crippen LogP contribution in [0.25, 0.3) is 0 Å². The van der Waals surface area contributed by atoms with E-state index in [1.807, 2.05) is 13.8 Å². The molecule has 0 unspecified atom stereocenters. The Labute approximate surface area is 150 Å². The van der Waals surface area contributed by atoms with Crippen molar-refractivity contribution in [1.29, 1.82) is 0 Å². The lowest BCUT2D eigenvalue weighted by molar-refractivity contribution is -0.297. The molecule has 1 rings (SSSR count). The Morgan fingerprint density at radius 2 is 1.88 bits per heavy atom. The summed E-state index contributed by atoms with van der Waals surface area (Å²) in [5.41, 5.74) is 0. The average Bonchev–Trinajstić information content (AvgIpc) is 2.43. The zero-order valence-corrected chi connectivity index (χ0v) is 18.3. The first-order chi connectivity index (χ1) is 10.8. The van der Waals surface area contributed by atoms with Crippen LogP contribution in [0.1, 0.15) is 61.3 Å². The van der Waals surface area contributed by atoms with E-state index >= 15 is 0 Å². The standard InChI is InChI=1S/C19H40O4Si/c1-10-15-13-21-19(6,7)22-17(15)11-16(14(2)12-20)23-24(8,9)18(3,4)5/h14-17,20H,10-13H2,1-9H3/t14-,15-,16-,17-/m1/s1. The van der Waals surface area contributed by atoms with Crippen LogP contribution < -0.4 is 0 Å². The largest absolute Gasteiger partial charge is 0.413 e. The minimum atomic E-state index is -1.90. The fourth-order valence-electron chi connectivity index (χ4n) is 2.83. The van der Waals surface area contributed by atoms with Crippen LogP contribution in [-0.2, 0) is 13.9 Å². The molecular formula is C19H40O4Si. The molecule has 1 heterocycles. The molecule has 1 aliphatic heterocycles. The topological polar surface area (TPSA) is 47.9 Å². The summed E-state index contributed by atoms with van der Waals surface area (Å²) in [6, 6.07) is 0. The molecule has 1 N–H and O–H groups in total. The minimum Gasteiger partial charge on any atom is -0.413 e. The highest BCUT2D eigenvalue weighted by Crippen LogP contribution is 2.40. The van der Waals surface area contributed by atoms with E-state index in [4.69, 9.17) is 13.9 Å². The van der Waals surface area contributed by atoms with Crippen LogP contribution >= 0.6 is 0 Å². The Morgan fingerprint density at radius 3 is 2.33 bits per heavy atom. The Bertz CT molecular complexity index is 389. The molecule has 0 aromatic rings. The van der Waals surface area contributed by atoms with Gasteiger partial charge in [0.2, 0.25) is 0 Å². The molecule has 5 heteroatoms. The Balaban J connectivity index is 2.92. The normalized spacial score (nSPS) is 27.8. The van der Waals surface area contributed by atoms with Gasteiger partial charge in [0, 0.05) is 18.4 Å². The van der Waals surface area contributed by atoms with Gasteiger partial charge in [0.15, 0.2) is 14.1 Å². The van der Waals surface area contributed by atoms with Gasteiger partial charge in [-0.25, -0.2) is 0 Å². The summed E-state index contributed by atoms with van der Waals surface area (Å²) in [6.45, 7) is 20.4. The molecule has 0 aromatic carbocycles. The van der Waals surface area contributed by atoms with Gasteiger partial charge in [-0.2, -0.15) is 0 Å². The summed E-state index contributed by atoms with van der Waals surface area (Å²) in [5, 5.41) is 9.88. The SMILES string of the molecule is CC[C@@H]1COC(C)(C)O[C@@H]1C[C@@H](O[Si](C)(C)C(C)(C)C)[C@H](C)CO. The Morgan fingerprint density at radius 1 is 1.29 bits per heavy atom. The van der Waals surface area contributed by atoms with Crippen LogP contribution in [-0.4, -0.2) is 44.6 Å². The highest BCUT2D eigenvalue weighted by molar-refractivity contribution is 6.74. The number of rotatable bonds is 7. The molecule has 0 bridgehead atoms. The molecule has 4 nitrogen and oxygen atoms in total. The summed E-state index contributed by atoms with van der Waals surface area (Å²) in [7, 11) is -1.90. The molecular weight excluding hydrogens is 320 g/mol. The van der Waals surface area contributed by atoms with Crippen LogP contribution in [0.5, 0.6) is 0 Å². The lowest BCUT2D eigenvalue weighted by Gasteiger charge is -2.45. The first kappa shape index (κ1) is 22.1. The number of ether oxygens (including phenoxy) is 2. The monoisotopic (exact) mass is 360 g/mol. The lowest BCUT2D eigenvalue weighted by Crippen LogP contribution is -2.50. The summed E-state index contributed by atoms with van der Waals surface area (Å²) in [6.07, 6.45) is 1.98. The van der Waals surface area contributed by atoms with Crippen molar-refractivity contribution in [3.8, 4) is 0 Å². The van der Waals surface area contributed by atoms with Gasteiger partial charge in [0.1, 0.15) is 0 Å². The molecule has 24 heavy (non-hydrogen) atoms. The summed E-state index contributed by atoms with van der Waals surface area (Å²) in [5.74, 6) is -0.0547. The van der Waals surface area contributed by atoms with E-state index in [1.54, 1.807) is 0 Å². The van der Waals surface area contributed by atoms with Gasteiger partial charge in [0.05, 0.1) is 18.8 Å². The van der Waals surface area contributed by atoms with E-state index in [9.17, 15) is 5.11 Å². The van der Waals surface area contributed by atoms with Crippen molar-refractivity contribution >= 4 is 8.32 Å². The van der Waals surface area contributed by atoms with Gasteiger partial charge < -0.3 is 19.0 Å². The Hall–Kier alpha value is 0.0569. The van der Waals surface area contributed by atoms with Crippen LogP contribution in [0, 0.1) is 11.8 Å². The maximum Gasteiger partial charge on any atom is 0.192 e. The predicted octanol–water partition coefficient (Wildman–Crippen LogP) is 4.57. The van der Waals surface area contributed by atoms with Crippen molar-refractivity contribution in [3.05, 3.63) is 0 Å². The molecule has 0 spiro atoms. The first-order valence-electron chi connectivity index (χ1n) is 9.43. The fourth-order valence-corrected chi connectivity index (χ4v) is 4.27. The van der Waals surface area contributed by atoms with Gasteiger partial charge in [-0.1, -0.05) is 34.6 Å². The number of aliphatic hydroxyl groups excluding tert-OH is 1. The van der Waals surface area contributed by atoms with Crippen molar-refractivity contribution in [2.24, 2.45) is 11.8 Å². The number of aliphatic hydroxyl groups is 1. The van der Waals surface area contributed by atoms with E-state index in [0.29, 0.717) is 5.92 Å². The highest BCUT2D eigenvalue weighted by atomic mass is 28.4. The van der Waals surface area contributed by atoms with Gasteiger partial charge in [-0.3, -0.25) is 0 Å². The smallest absolute Gasteiger partial charge is 0.192 e. The Kier molecular flexibility index (Phi) is 7.52. The summed E-state index contributed by atoms with van der Waals surface area (Å²) >= 11 is 0. The maximum atomic E-state index is 9.73. The van der Waals surface area contributed by atoms with Gasteiger partial charge in [-0.05, 0) is 44.8 Å². The fraction of sp³-hybridized carbons (Fsp3) is 1.00. The van der Waals surface area contributed by atoms with E-state index in [0.717, 1.165) is 19.4 Å². The molecule has 0 aromatic heterocycles. The molecule has 144 valence electrons. The summed E-state index contributed by atoms with van der Waals surface area (Å²) in [4.78, 5) is 0. The molecule has 1 fully saturated rings. The van der Waals surface area contributed by atoms with Crippen molar-refractivity contribution in [3.63, 3.8) is 0 Å². The second-order valence-corrected chi connectivity index (χ2v) is 14.1. The number of hydrogen-bond acceptors (Lipinski definition) is 4. The molecule has 0 radical (unpaired) electrons. The predicted molar refractivity (Wildman–Crippen MR) is 102 cm³/mol. The first-order valence-corrected chi connectivity index (χ1v) is 12.3. The zero-order valence-electron chi connectivity index (χ0n) is 17.3. The van der Waals surface area contributed by atoms with Crippen LogP contribution in [0.2, 0.25) is 18.1 Å². The molecule has 0 amide bonds. The van der Waals surface area contributed by atoms with Crippen molar-refractivity contribution < 1.29 is 19.0 Å². The van der Waals surface area contributed by atoms with E-state index in [1.165, 1.54) is 0 Å². The lowest BCUT2D eigenvalue weighted by atomic mass is 9.90. The molecule has 0 saturated carbocycles. The number of hydrogen-bond donors (Lipinski definition) is 1. The zero-order chi connectivity index (χ0) is 18.8. The van der Waals surface area contributed by atoms with Crippen LogP contribution in [0.15, 0.2) is 0 Å². The molecule has 1 saturated heterocycles. The van der Waals surface area contributed by atoms with Crippen molar-refractivity contribution in [2.75, 3.05) is 13.2 Å². The van der Waals surface area contributed by atoms with Gasteiger partial charge in [-0.15, -0.1) is 0 Å². The minimum absolute atomic E-state index is 0.0174. The van der Waals surface area contributed by atoms with Gasteiger partial charge in [0.25, 0.3) is 0 Å². The second-order valence-electron chi connectivity index (χ2n) is 9.35. The maximum absolute atomic E-state index is 9.73. The third kappa shape index (κ3) is 5.80. The summed E-state index contributed by atoms with van der Waals surface area (Å²) < 4.78 is 18.7. The second kappa shape index (κ2) is 8.17. The third-order valence-corrected chi connectivity index (χ3v) is 10.3. The average molecular weight is 361 g/mol. The van der Waals surface area contributed by atoms with Crippen LogP contribution in [0.3, 0.4) is 0 Å². The molecule has 1 aliphatic rings. The van der Waals surface area contributed by atoms with Gasteiger partial charge >= 0.3 is 0 Å².